The summed E-state index contributed by atoms with van der Waals surface area (Å²) in [4.78, 5) is 0. The Morgan fingerprint density at radius 2 is 1.80 bits per heavy atom. The van der Waals surface area contributed by atoms with Gasteiger partial charge in [0.25, 0.3) is 5.89 Å². The summed E-state index contributed by atoms with van der Waals surface area (Å²) in [6, 6.07) is 7.37. The summed E-state index contributed by atoms with van der Waals surface area (Å²) in [7, 11) is 0. The summed E-state index contributed by atoms with van der Waals surface area (Å²) in [5.74, 6) is -3.78. The molecule has 0 fully saturated rings. The lowest BCUT2D eigenvalue weighted by Gasteiger charge is -2.11. The number of benzene rings is 1. The van der Waals surface area contributed by atoms with Crippen LogP contribution in [0, 0.1) is 6.92 Å². The highest BCUT2D eigenvalue weighted by Crippen LogP contribution is 2.34. The summed E-state index contributed by atoms with van der Waals surface area (Å²) >= 11 is 0. The molecule has 0 aliphatic rings. The van der Waals surface area contributed by atoms with Crippen molar-refractivity contribution < 1.29 is 13.2 Å². The first-order valence-electron chi connectivity index (χ1n) is 4.34. The molecule has 1 aromatic heterocycles. The Bertz CT molecular complexity index is 453. The summed E-state index contributed by atoms with van der Waals surface area (Å²) < 4.78 is 32.1. The Balaban J connectivity index is 2.43. The van der Waals surface area contributed by atoms with E-state index >= 15 is 0 Å². The number of halogens is 2. The molecule has 1 heterocycles. The third-order valence-corrected chi connectivity index (χ3v) is 1.93. The maximum absolute atomic E-state index is 13.7. The highest BCUT2D eigenvalue weighted by molar-refractivity contribution is 5.24. The summed E-state index contributed by atoms with van der Waals surface area (Å²) in [6.45, 7) is 1.47. The minimum atomic E-state index is -3.23. The van der Waals surface area contributed by atoms with Crippen LogP contribution >= 0.6 is 0 Å². The van der Waals surface area contributed by atoms with E-state index in [9.17, 15) is 8.78 Å². The standard InChI is InChI=1S/C10H8F2N2O/c1-7-13-14-9(15-7)10(11,12)8-5-3-2-4-6-8/h2-6H,1H3. The molecule has 15 heavy (non-hydrogen) atoms. The minimum absolute atomic E-state index is 0.126. The van der Waals surface area contributed by atoms with Crippen molar-refractivity contribution in [2.45, 2.75) is 12.8 Å². The van der Waals surface area contributed by atoms with E-state index in [1.807, 2.05) is 0 Å². The average molecular weight is 210 g/mol. The molecule has 2 aromatic rings. The number of hydrogen-bond donors (Lipinski definition) is 0. The zero-order chi connectivity index (χ0) is 10.9. The molecule has 3 nitrogen and oxygen atoms in total. The maximum Gasteiger partial charge on any atom is 0.349 e. The van der Waals surface area contributed by atoms with Crippen LogP contribution in [0.1, 0.15) is 17.3 Å². The van der Waals surface area contributed by atoms with Crippen molar-refractivity contribution in [3.05, 3.63) is 47.7 Å². The summed E-state index contributed by atoms with van der Waals surface area (Å²) in [5, 5.41) is 6.71. The van der Waals surface area contributed by atoms with Gasteiger partial charge in [-0.3, -0.25) is 0 Å². The van der Waals surface area contributed by atoms with E-state index in [0.29, 0.717) is 0 Å². The molecule has 0 N–H and O–H groups in total. The second-order valence-electron chi connectivity index (χ2n) is 3.07. The lowest BCUT2D eigenvalue weighted by atomic mass is 10.1. The van der Waals surface area contributed by atoms with E-state index in [-0.39, 0.29) is 11.5 Å². The van der Waals surface area contributed by atoms with Crippen LogP contribution in [0.2, 0.25) is 0 Å². The van der Waals surface area contributed by atoms with Crippen molar-refractivity contribution >= 4 is 0 Å². The number of hydrogen-bond acceptors (Lipinski definition) is 3. The molecule has 0 aliphatic heterocycles. The van der Waals surface area contributed by atoms with Crippen LogP contribution in [0.3, 0.4) is 0 Å². The highest BCUT2D eigenvalue weighted by Gasteiger charge is 2.39. The molecular weight excluding hydrogens is 202 g/mol. The monoisotopic (exact) mass is 210 g/mol. The van der Waals surface area contributed by atoms with Gasteiger partial charge in [-0.05, 0) is 0 Å². The van der Waals surface area contributed by atoms with E-state index in [2.05, 4.69) is 10.2 Å². The Morgan fingerprint density at radius 1 is 1.13 bits per heavy atom. The molecule has 0 spiro atoms. The molecule has 1 aromatic carbocycles. The average Bonchev–Trinajstić information content (AvgIpc) is 2.67. The molecule has 0 saturated carbocycles. The van der Waals surface area contributed by atoms with Crippen molar-refractivity contribution in [2.24, 2.45) is 0 Å². The zero-order valence-electron chi connectivity index (χ0n) is 7.95. The van der Waals surface area contributed by atoms with Gasteiger partial charge in [0, 0.05) is 12.5 Å². The predicted molar refractivity (Wildman–Crippen MR) is 48.5 cm³/mol. The number of nitrogens with zero attached hydrogens (tertiary/aromatic N) is 2. The number of alkyl halides is 2. The summed E-state index contributed by atoms with van der Waals surface area (Å²) in [6.07, 6.45) is 0. The third-order valence-electron chi connectivity index (χ3n) is 1.93. The Labute approximate surface area is 84.8 Å². The Kier molecular flexibility index (Phi) is 2.22. The minimum Gasteiger partial charge on any atom is -0.420 e. The second-order valence-corrected chi connectivity index (χ2v) is 3.07. The summed E-state index contributed by atoms with van der Waals surface area (Å²) in [5.41, 5.74) is -0.159. The lowest BCUT2D eigenvalue weighted by molar-refractivity contribution is 0.0123. The van der Waals surface area contributed by atoms with E-state index in [0.717, 1.165) is 0 Å². The van der Waals surface area contributed by atoms with Crippen molar-refractivity contribution in [3.8, 4) is 0 Å². The molecule has 0 amide bonds. The van der Waals surface area contributed by atoms with Gasteiger partial charge in [0.15, 0.2) is 0 Å². The maximum atomic E-state index is 13.7. The van der Waals surface area contributed by atoms with Gasteiger partial charge in [0.1, 0.15) is 0 Å². The van der Waals surface area contributed by atoms with E-state index in [1.165, 1.54) is 31.2 Å². The molecule has 0 aliphatic carbocycles. The number of aromatic nitrogens is 2. The zero-order valence-corrected chi connectivity index (χ0v) is 7.95. The van der Waals surface area contributed by atoms with Crippen molar-refractivity contribution in [1.29, 1.82) is 0 Å². The van der Waals surface area contributed by atoms with Gasteiger partial charge in [-0.1, -0.05) is 30.3 Å². The first-order chi connectivity index (χ1) is 7.10. The van der Waals surface area contributed by atoms with Crippen LogP contribution in [-0.2, 0) is 5.92 Å². The third kappa shape index (κ3) is 1.72. The van der Waals surface area contributed by atoms with E-state index in [1.54, 1.807) is 6.07 Å². The molecule has 0 saturated heterocycles. The SMILES string of the molecule is Cc1nnc(C(F)(F)c2ccccc2)o1. The van der Waals surface area contributed by atoms with Gasteiger partial charge in [-0.15, -0.1) is 10.2 Å². The van der Waals surface area contributed by atoms with E-state index < -0.39 is 11.8 Å². The van der Waals surface area contributed by atoms with Gasteiger partial charge in [-0.25, -0.2) is 0 Å². The molecule has 0 unspecified atom stereocenters. The van der Waals surface area contributed by atoms with Gasteiger partial charge in [0.2, 0.25) is 5.89 Å². The van der Waals surface area contributed by atoms with Crippen LogP contribution in [0.15, 0.2) is 34.7 Å². The van der Waals surface area contributed by atoms with Gasteiger partial charge >= 0.3 is 5.92 Å². The van der Waals surface area contributed by atoms with E-state index in [4.69, 9.17) is 4.42 Å². The molecule has 2 rings (SSSR count). The largest absolute Gasteiger partial charge is 0.420 e. The predicted octanol–water partition coefficient (Wildman–Crippen LogP) is 2.52. The first kappa shape index (κ1) is 9.76. The molecular formula is C10H8F2N2O. The van der Waals surface area contributed by atoms with Crippen LogP contribution in [-0.4, -0.2) is 10.2 Å². The first-order valence-corrected chi connectivity index (χ1v) is 4.34. The fraction of sp³-hybridized carbons (Fsp3) is 0.200. The highest BCUT2D eigenvalue weighted by atomic mass is 19.3. The normalized spacial score (nSPS) is 11.7. The molecule has 0 bridgehead atoms. The van der Waals surface area contributed by atoms with Crippen LogP contribution in [0.25, 0.3) is 0 Å². The Hall–Kier alpha value is -1.78. The molecule has 0 radical (unpaired) electrons. The van der Waals surface area contributed by atoms with Gasteiger partial charge in [0.05, 0.1) is 0 Å². The van der Waals surface area contributed by atoms with Gasteiger partial charge in [-0.2, -0.15) is 8.78 Å². The van der Waals surface area contributed by atoms with Crippen LogP contribution in [0.4, 0.5) is 8.78 Å². The quantitative estimate of drug-likeness (QED) is 0.764. The second kappa shape index (κ2) is 3.42. The van der Waals surface area contributed by atoms with Crippen molar-refractivity contribution in [1.82, 2.24) is 10.2 Å². The molecule has 5 heteroatoms. The lowest BCUT2D eigenvalue weighted by Crippen LogP contribution is -2.15. The number of rotatable bonds is 2. The fourth-order valence-corrected chi connectivity index (χ4v) is 1.19. The van der Waals surface area contributed by atoms with Gasteiger partial charge < -0.3 is 4.42 Å². The van der Waals surface area contributed by atoms with Crippen LogP contribution < -0.4 is 0 Å². The smallest absolute Gasteiger partial charge is 0.349 e. The number of aryl methyl sites for hydroxylation is 1. The van der Waals surface area contributed by atoms with Crippen molar-refractivity contribution in [2.75, 3.05) is 0 Å². The topological polar surface area (TPSA) is 38.9 Å². The molecule has 0 atom stereocenters. The fourth-order valence-electron chi connectivity index (χ4n) is 1.19. The van der Waals surface area contributed by atoms with Crippen molar-refractivity contribution in [3.63, 3.8) is 0 Å². The molecule has 78 valence electrons. The van der Waals surface area contributed by atoms with Crippen LogP contribution in [0.5, 0.6) is 0 Å². The Morgan fingerprint density at radius 3 is 2.33 bits per heavy atom.